The zero-order chi connectivity index (χ0) is 26.7. The Morgan fingerprint density at radius 1 is 0.974 bits per heavy atom. The highest BCUT2D eigenvalue weighted by Crippen LogP contribution is 2.59. The smallest absolute Gasteiger partial charge is 0.344 e. The molecule has 3 heterocycles. The molecule has 3 aromatic carbocycles. The minimum atomic E-state index is -1.43. The van der Waals surface area contributed by atoms with Gasteiger partial charge in [0.1, 0.15) is 17.8 Å². The quantitative estimate of drug-likeness (QED) is 0.469. The second-order valence-corrected chi connectivity index (χ2v) is 11.0. The van der Waals surface area contributed by atoms with E-state index < -0.39 is 34.9 Å². The Balaban J connectivity index is 1.65. The molecule has 1 spiro atoms. The number of methoxy groups -OCH3 is 1. The van der Waals surface area contributed by atoms with Crippen molar-refractivity contribution in [3.05, 3.63) is 101 Å². The van der Waals surface area contributed by atoms with E-state index in [0.29, 0.717) is 11.3 Å². The van der Waals surface area contributed by atoms with E-state index in [-0.39, 0.29) is 11.7 Å². The van der Waals surface area contributed by atoms with Crippen LogP contribution in [0.25, 0.3) is 0 Å². The summed E-state index contributed by atoms with van der Waals surface area (Å²) < 4.78 is 11.4. The average Bonchev–Trinajstić information content (AvgIpc) is 3.43. The van der Waals surface area contributed by atoms with Crippen LogP contribution in [0.5, 0.6) is 5.75 Å². The minimum absolute atomic E-state index is 0.0205. The number of cyclic esters (lactones) is 1. The van der Waals surface area contributed by atoms with Gasteiger partial charge in [0.25, 0.3) is 0 Å². The van der Waals surface area contributed by atoms with E-state index >= 15 is 0 Å². The molecule has 0 bridgehead atoms. The fourth-order valence-corrected chi connectivity index (χ4v) is 5.89. The third-order valence-electron chi connectivity index (χ3n) is 7.68. The van der Waals surface area contributed by atoms with Crippen molar-refractivity contribution in [2.24, 2.45) is 15.5 Å². The van der Waals surface area contributed by atoms with Gasteiger partial charge in [0.2, 0.25) is 5.90 Å². The molecule has 7 nitrogen and oxygen atoms in total. The van der Waals surface area contributed by atoms with Crippen molar-refractivity contribution in [1.82, 2.24) is 5.01 Å². The number of nitrogens with zero attached hydrogens (tertiary/aromatic N) is 3. The van der Waals surface area contributed by atoms with Gasteiger partial charge in [0.05, 0.1) is 19.2 Å². The number of hydrogen-bond donors (Lipinski definition) is 0. The van der Waals surface area contributed by atoms with E-state index in [9.17, 15) is 9.59 Å². The molecule has 38 heavy (non-hydrogen) atoms. The standard InChI is InChI=1S/C31H29N3O4/c1-30(2,3)27(35)25-24(19-14-16-22(37-4)17-15-19)31(26-23-13-9-8-12-21(23)18-32-34(25)26)29(36)38-28(33-31)20-10-6-5-7-11-20/h5-18,24-26H,1-4H3. The van der Waals surface area contributed by atoms with Crippen LogP contribution in [0.4, 0.5) is 0 Å². The first-order valence-electron chi connectivity index (χ1n) is 12.7. The fraction of sp³-hybridized carbons (Fsp3) is 0.290. The number of ether oxygens (including phenoxy) is 2. The summed E-state index contributed by atoms with van der Waals surface area (Å²) >= 11 is 0. The van der Waals surface area contributed by atoms with Gasteiger partial charge in [-0.05, 0) is 41.0 Å². The summed E-state index contributed by atoms with van der Waals surface area (Å²) in [4.78, 5) is 33.5. The summed E-state index contributed by atoms with van der Waals surface area (Å²) in [6, 6.07) is 23.4. The molecule has 0 radical (unpaired) electrons. The fourth-order valence-electron chi connectivity index (χ4n) is 5.89. The lowest BCUT2D eigenvalue weighted by atomic mass is 9.70. The summed E-state index contributed by atoms with van der Waals surface area (Å²) in [5, 5.41) is 6.59. The van der Waals surface area contributed by atoms with Crippen LogP contribution in [0, 0.1) is 5.41 Å². The van der Waals surface area contributed by atoms with Gasteiger partial charge < -0.3 is 9.47 Å². The maximum atomic E-state index is 14.2. The average molecular weight is 508 g/mol. The lowest BCUT2D eigenvalue weighted by Gasteiger charge is -2.35. The third kappa shape index (κ3) is 3.49. The number of esters is 1. The van der Waals surface area contributed by atoms with Crippen LogP contribution in [0.3, 0.4) is 0 Å². The predicted molar refractivity (Wildman–Crippen MR) is 144 cm³/mol. The van der Waals surface area contributed by atoms with Crippen LogP contribution >= 0.6 is 0 Å². The number of Topliss-reactive ketones (excluding diaryl/α,β-unsaturated/α-hetero) is 1. The Morgan fingerprint density at radius 2 is 1.66 bits per heavy atom. The molecular weight excluding hydrogens is 478 g/mol. The van der Waals surface area contributed by atoms with E-state index in [4.69, 9.17) is 19.6 Å². The van der Waals surface area contributed by atoms with Gasteiger partial charge in [-0.15, -0.1) is 0 Å². The first kappa shape index (κ1) is 24.1. The Kier molecular flexibility index (Phi) is 5.49. The highest BCUT2D eigenvalue weighted by Gasteiger charge is 2.71. The van der Waals surface area contributed by atoms with Crippen molar-refractivity contribution in [3.8, 4) is 5.75 Å². The second kappa shape index (κ2) is 8.65. The van der Waals surface area contributed by atoms with Gasteiger partial charge in [-0.1, -0.05) is 75.4 Å². The summed E-state index contributed by atoms with van der Waals surface area (Å²) in [6.07, 6.45) is 1.76. The summed E-state index contributed by atoms with van der Waals surface area (Å²) in [5.74, 6) is -0.216. The molecule has 4 unspecified atom stereocenters. The van der Waals surface area contributed by atoms with Gasteiger partial charge >= 0.3 is 5.97 Å². The summed E-state index contributed by atoms with van der Waals surface area (Å²) in [7, 11) is 1.61. The number of rotatable bonds is 4. The Labute approximate surface area is 221 Å². The van der Waals surface area contributed by atoms with Crippen molar-refractivity contribution in [1.29, 1.82) is 0 Å². The van der Waals surface area contributed by atoms with E-state index in [1.54, 1.807) is 18.3 Å². The number of aliphatic imine (C=N–C) groups is 1. The maximum absolute atomic E-state index is 14.2. The molecule has 3 aliphatic rings. The molecule has 0 N–H and O–H groups in total. The Morgan fingerprint density at radius 3 is 2.34 bits per heavy atom. The topological polar surface area (TPSA) is 80.6 Å². The van der Waals surface area contributed by atoms with Crippen LogP contribution in [-0.2, 0) is 14.3 Å². The molecule has 0 saturated carbocycles. The largest absolute Gasteiger partial charge is 0.497 e. The molecule has 3 aliphatic heterocycles. The monoisotopic (exact) mass is 507 g/mol. The Hall–Kier alpha value is -4.26. The first-order chi connectivity index (χ1) is 18.3. The number of hydrogen-bond acceptors (Lipinski definition) is 7. The highest BCUT2D eigenvalue weighted by molar-refractivity contribution is 6.10. The SMILES string of the molecule is COc1ccc(C2C(C(=O)C(C)(C)C)N3N=Cc4ccccc4C3C23N=C(c2ccccc2)OC3=O)cc1. The van der Waals surface area contributed by atoms with Gasteiger partial charge in [0, 0.05) is 11.0 Å². The van der Waals surface area contributed by atoms with Crippen molar-refractivity contribution in [2.45, 2.75) is 44.3 Å². The number of benzene rings is 3. The molecule has 1 saturated heterocycles. The molecule has 7 heteroatoms. The second-order valence-electron chi connectivity index (χ2n) is 11.0. The van der Waals surface area contributed by atoms with Crippen LogP contribution in [0.15, 0.2) is 89.0 Å². The first-order valence-corrected chi connectivity index (χ1v) is 12.7. The summed E-state index contributed by atoms with van der Waals surface area (Å²) in [5.41, 5.74) is 1.16. The van der Waals surface area contributed by atoms with Gasteiger partial charge in [0.15, 0.2) is 11.3 Å². The van der Waals surface area contributed by atoms with Crippen molar-refractivity contribution >= 4 is 23.9 Å². The predicted octanol–water partition coefficient (Wildman–Crippen LogP) is 4.91. The number of carbonyl (C=O) groups is 2. The number of ketones is 1. The molecule has 4 atom stereocenters. The van der Waals surface area contributed by atoms with Gasteiger partial charge in [-0.3, -0.25) is 9.80 Å². The van der Waals surface area contributed by atoms with Gasteiger partial charge in [-0.2, -0.15) is 5.10 Å². The third-order valence-corrected chi connectivity index (χ3v) is 7.68. The lowest BCUT2D eigenvalue weighted by molar-refractivity contribution is -0.140. The van der Waals surface area contributed by atoms with Crippen molar-refractivity contribution in [3.63, 3.8) is 0 Å². The zero-order valence-corrected chi connectivity index (χ0v) is 21.8. The maximum Gasteiger partial charge on any atom is 0.344 e. The van der Waals surface area contributed by atoms with Crippen molar-refractivity contribution in [2.75, 3.05) is 7.11 Å². The molecule has 3 aromatic rings. The zero-order valence-electron chi connectivity index (χ0n) is 21.8. The van der Waals surface area contributed by atoms with Crippen molar-refractivity contribution < 1.29 is 19.1 Å². The number of carbonyl (C=O) groups excluding carboxylic acids is 2. The highest BCUT2D eigenvalue weighted by atomic mass is 16.6. The normalized spacial score (nSPS) is 25.6. The summed E-state index contributed by atoms with van der Waals surface area (Å²) in [6.45, 7) is 5.69. The van der Waals surface area contributed by atoms with Crippen LogP contribution in [0.2, 0.25) is 0 Å². The molecule has 0 amide bonds. The number of hydrazone groups is 1. The molecule has 1 fully saturated rings. The molecule has 0 aliphatic carbocycles. The molecular formula is C31H29N3O4. The van der Waals surface area contributed by atoms with Crippen LogP contribution < -0.4 is 4.74 Å². The van der Waals surface area contributed by atoms with E-state index in [1.807, 2.05) is 99.6 Å². The Bertz CT molecular complexity index is 1470. The van der Waals surface area contributed by atoms with E-state index in [1.165, 1.54) is 0 Å². The molecule has 6 rings (SSSR count). The van der Waals surface area contributed by atoms with Crippen LogP contribution in [0.1, 0.15) is 55.0 Å². The lowest BCUT2D eigenvalue weighted by Crippen LogP contribution is -2.45. The number of fused-ring (bicyclic) bond motifs is 4. The van der Waals surface area contributed by atoms with E-state index in [2.05, 4.69) is 0 Å². The molecule has 192 valence electrons. The van der Waals surface area contributed by atoms with Gasteiger partial charge in [-0.25, -0.2) is 9.79 Å². The van der Waals surface area contributed by atoms with E-state index in [0.717, 1.165) is 16.7 Å². The molecule has 0 aromatic heterocycles. The minimum Gasteiger partial charge on any atom is -0.497 e. The van der Waals surface area contributed by atoms with Crippen LogP contribution in [-0.4, -0.2) is 47.6 Å².